The van der Waals surface area contributed by atoms with Crippen molar-refractivity contribution >= 4 is 5.97 Å². The molecule has 2 rings (SSSR count). The second-order valence-corrected chi connectivity index (χ2v) is 5.73. The summed E-state index contributed by atoms with van der Waals surface area (Å²) in [6, 6.07) is 2.65. The topological polar surface area (TPSA) is 49.8 Å². The van der Waals surface area contributed by atoms with E-state index in [1.807, 2.05) is 0 Å². The highest BCUT2D eigenvalue weighted by Crippen LogP contribution is 2.27. The molecule has 0 amide bonds. The fourth-order valence-corrected chi connectivity index (χ4v) is 2.98. The summed E-state index contributed by atoms with van der Waals surface area (Å²) >= 11 is 0. The van der Waals surface area contributed by atoms with Crippen LogP contribution in [0.4, 0.5) is 8.78 Å². The molecule has 1 aromatic rings. The summed E-state index contributed by atoms with van der Waals surface area (Å²) in [6.45, 7) is 1.96. The molecular formula is C16H21F2NO3. The fourth-order valence-electron chi connectivity index (χ4n) is 2.98. The maximum Gasteiger partial charge on any atom is 0.303 e. The lowest BCUT2D eigenvalue weighted by Crippen LogP contribution is -2.35. The number of hydrogen-bond donors (Lipinski definition) is 1. The average molecular weight is 313 g/mol. The lowest BCUT2D eigenvalue weighted by Gasteiger charge is -2.32. The van der Waals surface area contributed by atoms with Gasteiger partial charge in [0.1, 0.15) is 0 Å². The number of likely N-dealkylation sites (tertiary alicyclic amines) is 1. The number of carboxylic acid groups (broad SMARTS) is 1. The lowest BCUT2D eigenvalue weighted by atomic mass is 9.93. The Morgan fingerprint density at radius 1 is 1.45 bits per heavy atom. The Kier molecular flexibility index (Phi) is 5.71. The molecule has 1 aromatic carbocycles. The van der Waals surface area contributed by atoms with E-state index < -0.39 is 17.6 Å². The third kappa shape index (κ3) is 4.16. The smallest absolute Gasteiger partial charge is 0.303 e. The van der Waals surface area contributed by atoms with Crippen LogP contribution in [0.25, 0.3) is 0 Å². The zero-order valence-electron chi connectivity index (χ0n) is 12.6. The molecule has 0 radical (unpaired) electrons. The molecule has 4 nitrogen and oxygen atoms in total. The summed E-state index contributed by atoms with van der Waals surface area (Å²) in [7, 11) is 1.24. The van der Waals surface area contributed by atoms with Crippen molar-refractivity contribution in [2.45, 2.75) is 32.2 Å². The summed E-state index contributed by atoms with van der Waals surface area (Å²) in [5.74, 6) is -2.18. The van der Waals surface area contributed by atoms with Crippen LogP contribution in [0.15, 0.2) is 12.1 Å². The number of rotatable bonds is 6. The molecular weight excluding hydrogens is 292 g/mol. The predicted molar refractivity (Wildman–Crippen MR) is 77.8 cm³/mol. The molecule has 0 saturated carbocycles. The van der Waals surface area contributed by atoms with Crippen LogP contribution >= 0.6 is 0 Å². The van der Waals surface area contributed by atoms with Crippen LogP contribution in [0, 0.1) is 17.6 Å². The summed E-state index contributed by atoms with van der Waals surface area (Å²) < 4.78 is 32.3. The third-order valence-corrected chi connectivity index (χ3v) is 4.10. The number of hydrogen-bond acceptors (Lipinski definition) is 3. The van der Waals surface area contributed by atoms with Gasteiger partial charge in [-0.25, -0.2) is 8.78 Å². The number of ether oxygens (including phenoxy) is 1. The molecule has 122 valence electrons. The van der Waals surface area contributed by atoms with Gasteiger partial charge in [-0.3, -0.25) is 9.69 Å². The molecule has 0 bridgehead atoms. The first-order chi connectivity index (χ1) is 10.5. The van der Waals surface area contributed by atoms with Crippen molar-refractivity contribution in [1.29, 1.82) is 0 Å². The van der Waals surface area contributed by atoms with Crippen LogP contribution in [0.5, 0.6) is 5.75 Å². The molecule has 0 spiro atoms. The Hall–Kier alpha value is -1.69. The van der Waals surface area contributed by atoms with Crippen molar-refractivity contribution < 1.29 is 23.4 Å². The largest absolute Gasteiger partial charge is 0.491 e. The first kappa shape index (κ1) is 16.7. The van der Waals surface area contributed by atoms with Crippen LogP contribution in [0.3, 0.4) is 0 Å². The SMILES string of the molecule is COc1c(F)ccc(CN2CCCC(CCC(=O)O)C2)c1F. The Morgan fingerprint density at radius 2 is 2.23 bits per heavy atom. The molecule has 22 heavy (non-hydrogen) atoms. The number of benzene rings is 1. The number of methoxy groups -OCH3 is 1. The van der Waals surface area contributed by atoms with Crippen molar-refractivity contribution in [1.82, 2.24) is 4.90 Å². The van der Waals surface area contributed by atoms with Crippen molar-refractivity contribution in [2.24, 2.45) is 5.92 Å². The van der Waals surface area contributed by atoms with Crippen molar-refractivity contribution in [3.8, 4) is 5.75 Å². The first-order valence-corrected chi connectivity index (χ1v) is 7.46. The third-order valence-electron chi connectivity index (χ3n) is 4.10. The Bertz CT molecular complexity index is 536. The number of carboxylic acids is 1. The maximum absolute atomic E-state index is 14.2. The number of nitrogens with zero attached hydrogens (tertiary/aromatic N) is 1. The standard InChI is InChI=1S/C16H21F2NO3/c1-22-16-13(17)6-5-12(15(16)18)10-19-8-2-3-11(9-19)4-7-14(20)21/h5-6,11H,2-4,7-10H2,1H3,(H,20,21). The van der Waals surface area contributed by atoms with E-state index in [1.165, 1.54) is 19.2 Å². The van der Waals surface area contributed by atoms with Gasteiger partial charge < -0.3 is 9.84 Å². The number of piperidine rings is 1. The Labute approximate surface area is 128 Å². The van der Waals surface area contributed by atoms with Crippen LogP contribution in [-0.2, 0) is 11.3 Å². The molecule has 1 saturated heterocycles. The van der Waals surface area contributed by atoms with Gasteiger partial charge >= 0.3 is 5.97 Å². The van der Waals surface area contributed by atoms with E-state index in [-0.39, 0.29) is 12.2 Å². The van der Waals surface area contributed by atoms with E-state index >= 15 is 0 Å². The van der Waals surface area contributed by atoms with Crippen molar-refractivity contribution in [3.63, 3.8) is 0 Å². The van der Waals surface area contributed by atoms with E-state index in [9.17, 15) is 13.6 Å². The molecule has 1 heterocycles. The zero-order valence-corrected chi connectivity index (χ0v) is 12.6. The molecule has 1 aliphatic rings. The second kappa shape index (κ2) is 7.54. The molecule has 1 N–H and O–H groups in total. The van der Waals surface area contributed by atoms with Gasteiger partial charge in [0.25, 0.3) is 0 Å². The van der Waals surface area contributed by atoms with Gasteiger partial charge in [-0.15, -0.1) is 0 Å². The van der Waals surface area contributed by atoms with Crippen LogP contribution in [0.1, 0.15) is 31.2 Å². The van der Waals surface area contributed by atoms with Crippen molar-refractivity contribution in [3.05, 3.63) is 29.3 Å². The van der Waals surface area contributed by atoms with E-state index in [1.54, 1.807) is 0 Å². The highest BCUT2D eigenvalue weighted by molar-refractivity contribution is 5.66. The Morgan fingerprint density at radius 3 is 2.91 bits per heavy atom. The minimum atomic E-state index is -0.786. The monoisotopic (exact) mass is 313 g/mol. The number of halogens is 2. The Balaban J connectivity index is 2.00. The van der Waals surface area contributed by atoms with Gasteiger partial charge in [0.2, 0.25) is 0 Å². The fraction of sp³-hybridized carbons (Fsp3) is 0.562. The molecule has 1 fully saturated rings. The number of carbonyl (C=O) groups is 1. The minimum Gasteiger partial charge on any atom is -0.491 e. The van der Waals surface area contributed by atoms with Gasteiger partial charge in [-0.2, -0.15) is 0 Å². The summed E-state index contributed by atoms with van der Waals surface area (Å²) in [5.41, 5.74) is 0.400. The van der Waals surface area contributed by atoms with Crippen LogP contribution in [0.2, 0.25) is 0 Å². The van der Waals surface area contributed by atoms with Crippen molar-refractivity contribution in [2.75, 3.05) is 20.2 Å². The molecule has 1 atom stereocenters. The molecule has 6 heteroatoms. The predicted octanol–water partition coefficient (Wildman–Crippen LogP) is 3.05. The normalized spacial score (nSPS) is 19.1. The molecule has 0 aromatic heterocycles. The van der Waals surface area contributed by atoms with E-state index in [0.29, 0.717) is 24.4 Å². The van der Waals surface area contributed by atoms with Gasteiger partial charge in [-0.1, -0.05) is 6.07 Å². The first-order valence-electron chi connectivity index (χ1n) is 7.46. The lowest BCUT2D eigenvalue weighted by molar-refractivity contribution is -0.137. The van der Waals surface area contributed by atoms with Crippen LogP contribution in [-0.4, -0.2) is 36.2 Å². The maximum atomic E-state index is 14.2. The van der Waals surface area contributed by atoms with E-state index in [2.05, 4.69) is 4.90 Å². The zero-order chi connectivity index (χ0) is 16.1. The van der Waals surface area contributed by atoms with Crippen LogP contribution < -0.4 is 4.74 Å². The van der Waals surface area contributed by atoms with E-state index in [4.69, 9.17) is 9.84 Å². The summed E-state index contributed by atoms with van der Waals surface area (Å²) in [6.07, 6.45) is 2.77. The minimum absolute atomic E-state index is 0.164. The van der Waals surface area contributed by atoms with Gasteiger partial charge in [0.15, 0.2) is 17.4 Å². The number of aliphatic carboxylic acids is 1. The van der Waals surface area contributed by atoms with Gasteiger partial charge in [0, 0.05) is 25.1 Å². The van der Waals surface area contributed by atoms with Gasteiger partial charge in [0.05, 0.1) is 7.11 Å². The highest BCUT2D eigenvalue weighted by Gasteiger charge is 2.22. The quantitative estimate of drug-likeness (QED) is 0.877. The van der Waals surface area contributed by atoms with Gasteiger partial charge in [-0.05, 0) is 37.8 Å². The second-order valence-electron chi connectivity index (χ2n) is 5.73. The van der Waals surface area contributed by atoms with E-state index in [0.717, 1.165) is 25.9 Å². The molecule has 1 aliphatic heterocycles. The highest BCUT2D eigenvalue weighted by atomic mass is 19.1. The molecule has 0 aliphatic carbocycles. The summed E-state index contributed by atoms with van der Waals surface area (Å²) in [5, 5.41) is 8.75. The summed E-state index contributed by atoms with van der Waals surface area (Å²) in [4.78, 5) is 12.7. The average Bonchev–Trinajstić information content (AvgIpc) is 2.49. The molecule has 1 unspecified atom stereocenters.